The fourth-order valence-corrected chi connectivity index (χ4v) is 3.81. The van der Waals surface area contributed by atoms with E-state index in [9.17, 15) is 13.2 Å². The van der Waals surface area contributed by atoms with Crippen molar-refractivity contribution in [1.82, 2.24) is 25.5 Å². The number of primary sulfonamides is 1. The van der Waals surface area contributed by atoms with Crippen LogP contribution in [0.5, 0.6) is 0 Å². The standard InChI is InChI=1S/C19H22N6O3S/c1-13(26)10-11-25(2)12-14-6-8-15(9-7-14)16-4-3-5-17(29(20,27)28)18(16)19-21-23-24-22-19/h3-9H,10-12H2,1-2H3,(H2,20,27,28)(H,21,22,23,24). The number of nitrogens with two attached hydrogens (primary N) is 1. The van der Waals surface area contributed by atoms with Crippen LogP contribution in [0, 0.1) is 0 Å². The van der Waals surface area contributed by atoms with Crippen molar-refractivity contribution in [2.75, 3.05) is 13.6 Å². The van der Waals surface area contributed by atoms with Gasteiger partial charge in [-0.1, -0.05) is 36.4 Å². The first-order valence-electron chi connectivity index (χ1n) is 8.93. The van der Waals surface area contributed by atoms with Crippen LogP contribution >= 0.6 is 0 Å². The van der Waals surface area contributed by atoms with Crippen molar-refractivity contribution in [2.45, 2.75) is 24.8 Å². The first-order chi connectivity index (χ1) is 13.8. The van der Waals surface area contributed by atoms with Gasteiger partial charge in [-0.05, 0) is 47.2 Å². The molecule has 0 aliphatic carbocycles. The molecular weight excluding hydrogens is 392 g/mol. The normalized spacial score (nSPS) is 11.7. The van der Waals surface area contributed by atoms with Gasteiger partial charge in [-0.2, -0.15) is 0 Å². The highest BCUT2D eigenvalue weighted by atomic mass is 32.2. The number of hydrogen-bond donors (Lipinski definition) is 2. The van der Waals surface area contributed by atoms with Crippen LogP contribution in [0.3, 0.4) is 0 Å². The van der Waals surface area contributed by atoms with E-state index in [0.29, 0.717) is 30.6 Å². The molecule has 0 bridgehead atoms. The van der Waals surface area contributed by atoms with Gasteiger partial charge in [-0.15, -0.1) is 5.10 Å². The Labute approximate surface area is 169 Å². The van der Waals surface area contributed by atoms with E-state index in [2.05, 4.69) is 25.5 Å². The Hall–Kier alpha value is -2.95. The number of aromatic amines is 1. The minimum absolute atomic E-state index is 0.0541. The van der Waals surface area contributed by atoms with Crippen LogP contribution in [0.15, 0.2) is 47.4 Å². The molecule has 3 aromatic rings. The van der Waals surface area contributed by atoms with Gasteiger partial charge in [0.1, 0.15) is 5.78 Å². The second-order valence-corrected chi connectivity index (χ2v) is 8.39. The number of hydrogen-bond acceptors (Lipinski definition) is 7. The molecule has 0 atom stereocenters. The molecule has 0 radical (unpaired) electrons. The second-order valence-electron chi connectivity index (χ2n) is 6.86. The number of H-pyrrole nitrogens is 1. The molecule has 0 unspecified atom stereocenters. The molecule has 9 nitrogen and oxygen atoms in total. The van der Waals surface area contributed by atoms with Crippen LogP contribution in [0.25, 0.3) is 22.5 Å². The van der Waals surface area contributed by atoms with Gasteiger partial charge in [0.2, 0.25) is 10.0 Å². The monoisotopic (exact) mass is 414 g/mol. The molecule has 0 amide bonds. The number of benzene rings is 2. The largest absolute Gasteiger partial charge is 0.302 e. The molecule has 1 heterocycles. The number of ketones is 1. The zero-order valence-corrected chi connectivity index (χ0v) is 17.0. The summed E-state index contributed by atoms with van der Waals surface area (Å²) >= 11 is 0. The van der Waals surface area contributed by atoms with Crippen molar-refractivity contribution in [3.05, 3.63) is 48.0 Å². The van der Waals surface area contributed by atoms with Gasteiger partial charge in [0.25, 0.3) is 0 Å². The maximum absolute atomic E-state index is 12.1. The number of Topliss-reactive ketones (excluding diaryl/α,β-unsaturated/α-hetero) is 1. The number of tetrazole rings is 1. The Kier molecular flexibility index (Phi) is 6.16. The van der Waals surface area contributed by atoms with Gasteiger partial charge in [0.05, 0.1) is 4.90 Å². The van der Waals surface area contributed by atoms with E-state index in [0.717, 1.165) is 11.1 Å². The van der Waals surface area contributed by atoms with Crippen LogP contribution in [0.4, 0.5) is 0 Å². The topological polar surface area (TPSA) is 135 Å². The number of carbonyl (C=O) groups excluding carboxylic acids is 1. The Morgan fingerprint density at radius 1 is 1.17 bits per heavy atom. The van der Waals surface area contributed by atoms with Crippen LogP contribution < -0.4 is 5.14 Å². The number of aromatic nitrogens is 4. The van der Waals surface area contributed by atoms with E-state index >= 15 is 0 Å². The van der Waals surface area contributed by atoms with Crippen molar-refractivity contribution >= 4 is 15.8 Å². The van der Waals surface area contributed by atoms with Gasteiger partial charge < -0.3 is 4.90 Å². The highest BCUT2D eigenvalue weighted by molar-refractivity contribution is 7.89. The summed E-state index contributed by atoms with van der Waals surface area (Å²) in [6.45, 7) is 2.97. The maximum atomic E-state index is 12.1. The number of sulfonamides is 1. The quantitative estimate of drug-likeness (QED) is 0.571. The molecule has 0 aliphatic heterocycles. The Morgan fingerprint density at radius 2 is 1.90 bits per heavy atom. The third kappa shape index (κ3) is 5.11. The Morgan fingerprint density at radius 3 is 2.48 bits per heavy atom. The number of carbonyl (C=O) groups is 1. The number of nitrogens with one attached hydrogen (secondary N) is 1. The van der Waals surface area contributed by atoms with Crippen molar-refractivity contribution in [3.8, 4) is 22.5 Å². The molecule has 0 aliphatic rings. The van der Waals surface area contributed by atoms with Crippen LogP contribution in [-0.4, -0.2) is 53.3 Å². The van der Waals surface area contributed by atoms with Crippen LogP contribution in [-0.2, 0) is 21.4 Å². The molecule has 3 N–H and O–H groups in total. The molecule has 10 heteroatoms. The molecular formula is C19H22N6O3S. The zero-order valence-electron chi connectivity index (χ0n) is 16.2. The predicted octanol–water partition coefficient (Wildman–Crippen LogP) is 1.59. The van der Waals surface area contributed by atoms with Gasteiger partial charge in [0, 0.05) is 25.1 Å². The molecule has 3 rings (SSSR count). The molecule has 1 aromatic heterocycles. The van der Waals surface area contributed by atoms with Crippen molar-refractivity contribution < 1.29 is 13.2 Å². The summed E-state index contributed by atoms with van der Waals surface area (Å²) in [7, 11) is -2.02. The maximum Gasteiger partial charge on any atom is 0.238 e. The van der Waals surface area contributed by atoms with Crippen LogP contribution in [0.2, 0.25) is 0 Å². The lowest BCUT2D eigenvalue weighted by molar-refractivity contribution is -0.117. The summed E-state index contributed by atoms with van der Waals surface area (Å²) in [5.74, 6) is 0.383. The average Bonchev–Trinajstić information content (AvgIpc) is 3.20. The molecule has 0 saturated carbocycles. The fourth-order valence-electron chi connectivity index (χ4n) is 3.05. The molecule has 0 saturated heterocycles. The molecule has 29 heavy (non-hydrogen) atoms. The molecule has 0 spiro atoms. The SMILES string of the molecule is CC(=O)CCN(C)Cc1ccc(-c2cccc(S(N)(=O)=O)c2-c2nnn[nH]2)cc1. The smallest absolute Gasteiger partial charge is 0.238 e. The molecule has 0 fully saturated rings. The highest BCUT2D eigenvalue weighted by Crippen LogP contribution is 2.34. The Bertz CT molecular complexity index is 1100. The Balaban J connectivity index is 1.94. The van der Waals surface area contributed by atoms with E-state index in [1.807, 2.05) is 31.3 Å². The average molecular weight is 414 g/mol. The van der Waals surface area contributed by atoms with Crippen LogP contribution in [0.1, 0.15) is 18.9 Å². The minimum Gasteiger partial charge on any atom is -0.302 e. The van der Waals surface area contributed by atoms with Gasteiger partial charge in [0.15, 0.2) is 5.82 Å². The summed E-state index contributed by atoms with van der Waals surface area (Å²) in [5.41, 5.74) is 2.85. The van der Waals surface area contributed by atoms with E-state index in [1.54, 1.807) is 19.1 Å². The van der Waals surface area contributed by atoms with Crippen molar-refractivity contribution in [2.24, 2.45) is 5.14 Å². The van der Waals surface area contributed by atoms with Gasteiger partial charge >= 0.3 is 0 Å². The van der Waals surface area contributed by atoms with E-state index in [-0.39, 0.29) is 16.5 Å². The first-order valence-corrected chi connectivity index (χ1v) is 10.5. The van der Waals surface area contributed by atoms with Crippen molar-refractivity contribution in [1.29, 1.82) is 0 Å². The highest BCUT2D eigenvalue weighted by Gasteiger charge is 2.21. The summed E-state index contributed by atoms with van der Waals surface area (Å²) in [6, 6.07) is 12.6. The molecule has 152 valence electrons. The predicted molar refractivity (Wildman–Crippen MR) is 108 cm³/mol. The van der Waals surface area contributed by atoms with Crippen molar-refractivity contribution in [3.63, 3.8) is 0 Å². The number of rotatable bonds is 8. The number of nitrogens with zero attached hydrogens (tertiary/aromatic N) is 4. The van der Waals surface area contributed by atoms with E-state index < -0.39 is 10.0 Å². The lowest BCUT2D eigenvalue weighted by Gasteiger charge is -2.16. The third-order valence-corrected chi connectivity index (χ3v) is 5.43. The molecule has 2 aromatic carbocycles. The summed E-state index contributed by atoms with van der Waals surface area (Å²) in [4.78, 5) is 13.2. The minimum atomic E-state index is -3.98. The summed E-state index contributed by atoms with van der Waals surface area (Å²) in [5, 5.41) is 19.0. The zero-order chi connectivity index (χ0) is 21.0. The van der Waals surface area contributed by atoms with Gasteiger partial charge in [-0.25, -0.2) is 18.7 Å². The lowest BCUT2D eigenvalue weighted by Crippen LogP contribution is -2.20. The van der Waals surface area contributed by atoms with E-state index in [4.69, 9.17) is 5.14 Å². The fraction of sp³-hybridized carbons (Fsp3) is 0.263. The second kappa shape index (κ2) is 8.60. The van der Waals surface area contributed by atoms with Gasteiger partial charge in [-0.3, -0.25) is 4.79 Å². The first kappa shape index (κ1) is 20.8. The third-order valence-electron chi connectivity index (χ3n) is 4.48. The summed E-state index contributed by atoms with van der Waals surface area (Å²) < 4.78 is 24.2. The summed E-state index contributed by atoms with van der Waals surface area (Å²) in [6.07, 6.45) is 0.517. The lowest BCUT2D eigenvalue weighted by atomic mass is 9.98. The van der Waals surface area contributed by atoms with E-state index in [1.165, 1.54) is 6.07 Å².